The summed E-state index contributed by atoms with van der Waals surface area (Å²) in [5.41, 5.74) is 1.27. The third-order valence-electron chi connectivity index (χ3n) is 2.25. The Hall–Kier alpha value is -2.50. The van der Waals surface area contributed by atoms with E-state index in [4.69, 9.17) is 4.74 Å². The Kier molecular flexibility index (Phi) is 3.47. The number of nitrogens with zero attached hydrogens (tertiary/aromatic N) is 3. The van der Waals surface area contributed by atoms with Gasteiger partial charge in [-0.05, 0) is 24.6 Å². The zero-order chi connectivity index (χ0) is 13.0. The van der Waals surface area contributed by atoms with Crippen LogP contribution in [0.3, 0.4) is 0 Å². The lowest BCUT2D eigenvalue weighted by molar-refractivity contribution is -0.386. The first-order valence-electron chi connectivity index (χ1n) is 5.30. The standard InChI is InChI=1S/C12H11N3O3/c1-9-6-11(15(16)17)12(14-7-9)18-8-10-4-2-3-5-13-10/h2-7H,8H2,1H3. The summed E-state index contributed by atoms with van der Waals surface area (Å²) in [6.45, 7) is 1.89. The summed E-state index contributed by atoms with van der Waals surface area (Å²) >= 11 is 0. The smallest absolute Gasteiger partial charge is 0.331 e. The normalized spacial score (nSPS) is 10.1. The van der Waals surface area contributed by atoms with Gasteiger partial charge in [0.25, 0.3) is 5.88 Å². The van der Waals surface area contributed by atoms with Gasteiger partial charge in [0.05, 0.1) is 10.6 Å². The van der Waals surface area contributed by atoms with E-state index in [2.05, 4.69) is 9.97 Å². The molecule has 2 aromatic rings. The molecule has 0 spiro atoms. The molecule has 6 heteroatoms. The monoisotopic (exact) mass is 245 g/mol. The SMILES string of the molecule is Cc1cnc(OCc2ccccn2)c([N+](=O)[O-])c1. The molecule has 0 bridgehead atoms. The Morgan fingerprint density at radius 1 is 1.39 bits per heavy atom. The highest BCUT2D eigenvalue weighted by molar-refractivity contribution is 5.42. The second kappa shape index (κ2) is 5.22. The summed E-state index contributed by atoms with van der Waals surface area (Å²) in [7, 11) is 0. The first kappa shape index (κ1) is 12.0. The summed E-state index contributed by atoms with van der Waals surface area (Å²) in [5, 5.41) is 10.9. The molecular formula is C12H11N3O3. The van der Waals surface area contributed by atoms with E-state index in [0.717, 1.165) is 0 Å². The molecule has 0 N–H and O–H groups in total. The van der Waals surface area contributed by atoms with Gasteiger partial charge in [-0.25, -0.2) is 4.98 Å². The van der Waals surface area contributed by atoms with Crippen LogP contribution in [0.25, 0.3) is 0 Å². The molecule has 2 heterocycles. The molecule has 18 heavy (non-hydrogen) atoms. The largest absolute Gasteiger partial charge is 0.466 e. The van der Waals surface area contributed by atoms with Crippen molar-refractivity contribution in [3.05, 3.63) is 58.0 Å². The molecule has 2 aromatic heterocycles. The van der Waals surface area contributed by atoms with Crippen LogP contribution in [0.15, 0.2) is 36.7 Å². The van der Waals surface area contributed by atoms with Crippen LogP contribution >= 0.6 is 0 Å². The van der Waals surface area contributed by atoms with E-state index in [1.54, 1.807) is 25.3 Å². The van der Waals surface area contributed by atoms with Crippen molar-refractivity contribution in [2.24, 2.45) is 0 Å². The van der Waals surface area contributed by atoms with Gasteiger partial charge >= 0.3 is 5.69 Å². The van der Waals surface area contributed by atoms with Crippen molar-refractivity contribution >= 4 is 5.69 Å². The Balaban J connectivity index is 2.17. The summed E-state index contributed by atoms with van der Waals surface area (Å²) in [6, 6.07) is 6.82. The van der Waals surface area contributed by atoms with E-state index >= 15 is 0 Å². The summed E-state index contributed by atoms with van der Waals surface area (Å²) in [4.78, 5) is 18.3. The minimum atomic E-state index is -0.506. The zero-order valence-corrected chi connectivity index (χ0v) is 9.74. The van der Waals surface area contributed by atoms with Gasteiger partial charge in [-0.15, -0.1) is 0 Å². The molecule has 0 saturated carbocycles. The van der Waals surface area contributed by atoms with Gasteiger partial charge in [-0.1, -0.05) is 6.07 Å². The number of aryl methyl sites for hydroxylation is 1. The van der Waals surface area contributed by atoms with Gasteiger partial charge in [0.1, 0.15) is 6.61 Å². The second-order valence-electron chi connectivity index (χ2n) is 3.70. The fraction of sp³-hybridized carbons (Fsp3) is 0.167. The fourth-order valence-corrected chi connectivity index (χ4v) is 1.41. The molecule has 0 aliphatic carbocycles. The Morgan fingerprint density at radius 2 is 2.22 bits per heavy atom. The average Bonchev–Trinajstić information content (AvgIpc) is 2.38. The predicted octanol–water partition coefficient (Wildman–Crippen LogP) is 2.27. The lowest BCUT2D eigenvalue weighted by Crippen LogP contribution is -2.02. The minimum Gasteiger partial charge on any atom is -0.466 e. The van der Waals surface area contributed by atoms with Crippen LogP contribution in [0.5, 0.6) is 5.88 Å². The first-order valence-corrected chi connectivity index (χ1v) is 5.30. The quantitative estimate of drug-likeness (QED) is 0.609. The summed E-state index contributed by atoms with van der Waals surface area (Å²) < 4.78 is 5.32. The van der Waals surface area contributed by atoms with Crippen LogP contribution < -0.4 is 4.74 Å². The van der Waals surface area contributed by atoms with Crippen LogP contribution in [0, 0.1) is 17.0 Å². The van der Waals surface area contributed by atoms with Gasteiger partial charge in [0.2, 0.25) is 0 Å². The Morgan fingerprint density at radius 3 is 2.89 bits per heavy atom. The van der Waals surface area contributed by atoms with E-state index in [1.165, 1.54) is 12.3 Å². The number of pyridine rings is 2. The lowest BCUT2D eigenvalue weighted by atomic mass is 10.3. The van der Waals surface area contributed by atoms with Crippen LogP contribution in [0.2, 0.25) is 0 Å². The maximum Gasteiger partial charge on any atom is 0.331 e. The highest BCUT2D eigenvalue weighted by Gasteiger charge is 2.17. The number of rotatable bonds is 4. The van der Waals surface area contributed by atoms with Gasteiger partial charge in [-0.3, -0.25) is 15.1 Å². The van der Waals surface area contributed by atoms with Gasteiger partial charge < -0.3 is 4.74 Å². The maximum absolute atomic E-state index is 10.9. The molecule has 0 aliphatic heterocycles. The fourth-order valence-electron chi connectivity index (χ4n) is 1.41. The molecule has 0 atom stereocenters. The first-order chi connectivity index (χ1) is 8.66. The van der Waals surface area contributed by atoms with E-state index in [1.807, 2.05) is 6.07 Å². The van der Waals surface area contributed by atoms with Gasteiger partial charge in [0, 0.05) is 18.5 Å². The van der Waals surface area contributed by atoms with Crippen LogP contribution in [-0.4, -0.2) is 14.9 Å². The van der Waals surface area contributed by atoms with Gasteiger partial charge in [0.15, 0.2) is 0 Å². The number of nitro groups is 1. The predicted molar refractivity (Wildman–Crippen MR) is 64.2 cm³/mol. The third kappa shape index (κ3) is 2.79. The van der Waals surface area contributed by atoms with Crippen molar-refractivity contribution in [1.82, 2.24) is 9.97 Å². The van der Waals surface area contributed by atoms with E-state index in [0.29, 0.717) is 11.3 Å². The Labute approximate surface area is 103 Å². The van der Waals surface area contributed by atoms with Crippen LogP contribution in [0.1, 0.15) is 11.3 Å². The molecule has 0 aromatic carbocycles. The minimum absolute atomic E-state index is 0.0104. The molecule has 0 amide bonds. The number of hydrogen-bond acceptors (Lipinski definition) is 5. The molecule has 0 radical (unpaired) electrons. The van der Waals surface area contributed by atoms with E-state index in [-0.39, 0.29) is 18.2 Å². The zero-order valence-electron chi connectivity index (χ0n) is 9.74. The van der Waals surface area contributed by atoms with E-state index < -0.39 is 4.92 Å². The van der Waals surface area contributed by atoms with Crippen LogP contribution in [-0.2, 0) is 6.61 Å². The average molecular weight is 245 g/mol. The molecule has 0 aliphatic rings. The van der Waals surface area contributed by atoms with E-state index in [9.17, 15) is 10.1 Å². The Bertz CT molecular complexity index is 558. The molecule has 2 rings (SSSR count). The molecule has 92 valence electrons. The van der Waals surface area contributed by atoms with Crippen molar-refractivity contribution < 1.29 is 9.66 Å². The third-order valence-corrected chi connectivity index (χ3v) is 2.25. The molecule has 0 fully saturated rings. The molecule has 6 nitrogen and oxygen atoms in total. The van der Waals surface area contributed by atoms with Crippen molar-refractivity contribution in [3.63, 3.8) is 0 Å². The molecular weight excluding hydrogens is 234 g/mol. The number of hydrogen-bond donors (Lipinski definition) is 0. The summed E-state index contributed by atoms with van der Waals surface area (Å²) in [6.07, 6.45) is 3.16. The lowest BCUT2D eigenvalue weighted by Gasteiger charge is -2.05. The van der Waals surface area contributed by atoms with Crippen molar-refractivity contribution in [1.29, 1.82) is 0 Å². The molecule has 0 unspecified atom stereocenters. The molecule has 0 saturated heterocycles. The number of aromatic nitrogens is 2. The highest BCUT2D eigenvalue weighted by atomic mass is 16.6. The highest BCUT2D eigenvalue weighted by Crippen LogP contribution is 2.25. The van der Waals surface area contributed by atoms with Gasteiger partial charge in [-0.2, -0.15) is 0 Å². The van der Waals surface area contributed by atoms with Crippen molar-refractivity contribution in [2.45, 2.75) is 13.5 Å². The van der Waals surface area contributed by atoms with Crippen molar-refractivity contribution in [2.75, 3.05) is 0 Å². The maximum atomic E-state index is 10.9. The topological polar surface area (TPSA) is 78.2 Å². The summed E-state index contributed by atoms with van der Waals surface area (Å²) in [5.74, 6) is 0.0104. The second-order valence-corrected chi connectivity index (χ2v) is 3.70. The van der Waals surface area contributed by atoms with Crippen molar-refractivity contribution in [3.8, 4) is 5.88 Å². The number of ether oxygens (including phenoxy) is 1. The van der Waals surface area contributed by atoms with Crippen LogP contribution in [0.4, 0.5) is 5.69 Å².